The lowest BCUT2D eigenvalue weighted by Crippen LogP contribution is -2.44. The summed E-state index contributed by atoms with van der Waals surface area (Å²) in [4.78, 5) is 50.0. The van der Waals surface area contributed by atoms with Gasteiger partial charge in [0.15, 0.2) is 5.78 Å². The molecule has 5 rings (SSSR count). The number of aryl methyl sites for hydroxylation is 1. The SMILES string of the molecule is Cc1cccnc1NC(=O)c1ccc(CN2C(=O)c3ccc(Cl)cc3CC(=O)[C@H]2Cc2cccnc2)cc1. The molecule has 0 unspecified atom stereocenters. The van der Waals surface area contributed by atoms with Crippen LogP contribution < -0.4 is 5.32 Å². The Bertz CT molecular complexity index is 1510. The highest BCUT2D eigenvalue weighted by Crippen LogP contribution is 2.27. The van der Waals surface area contributed by atoms with E-state index in [-0.39, 0.29) is 30.6 Å². The average molecular weight is 525 g/mol. The molecule has 1 atom stereocenters. The maximum absolute atomic E-state index is 13.8. The first-order valence-electron chi connectivity index (χ1n) is 12.2. The molecule has 0 spiro atoms. The zero-order valence-corrected chi connectivity index (χ0v) is 21.5. The second kappa shape index (κ2) is 10.9. The molecule has 7 nitrogen and oxygen atoms in total. The first-order chi connectivity index (χ1) is 18.4. The molecular formula is C30H25ClN4O3. The standard InChI is InChI=1S/C30H25ClN4O3/c1-19-4-2-13-33-28(19)34-29(37)22-8-6-20(7-9-22)18-35-26(14-21-5-3-12-32-17-21)27(36)16-23-15-24(31)10-11-25(23)30(35)38/h2-13,15,17,26H,14,16,18H2,1H3,(H,33,34,37)/t26-/m1/s1. The van der Waals surface area contributed by atoms with Gasteiger partial charge in [-0.2, -0.15) is 0 Å². The molecule has 0 aliphatic carbocycles. The van der Waals surface area contributed by atoms with Gasteiger partial charge in [0.05, 0.1) is 6.04 Å². The van der Waals surface area contributed by atoms with E-state index in [9.17, 15) is 14.4 Å². The summed E-state index contributed by atoms with van der Waals surface area (Å²) >= 11 is 6.18. The van der Waals surface area contributed by atoms with E-state index in [1.807, 2.05) is 31.2 Å². The van der Waals surface area contributed by atoms with Gasteiger partial charge in [0.1, 0.15) is 5.82 Å². The van der Waals surface area contributed by atoms with Gasteiger partial charge < -0.3 is 10.2 Å². The topological polar surface area (TPSA) is 92.3 Å². The summed E-state index contributed by atoms with van der Waals surface area (Å²) in [6.07, 6.45) is 5.48. The Morgan fingerprint density at radius 3 is 2.55 bits per heavy atom. The molecule has 1 aliphatic rings. The third kappa shape index (κ3) is 5.48. The van der Waals surface area contributed by atoms with Crippen LogP contribution in [0.1, 0.15) is 43.0 Å². The van der Waals surface area contributed by atoms with E-state index in [0.29, 0.717) is 34.0 Å². The van der Waals surface area contributed by atoms with Gasteiger partial charge in [-0.05, 0) is 71.6 Å². The Morgan fingerprint density at radius 1 is 1.03 bits per heavy atom. The molecule has 4 aromatic rings. The largest absolute Gasteiger partial charge is 0.324 e. The molecule has 8 heteroatoms. The van der Waals surface area contributed by atoms with Crippen molar-refractivity contribution in [2.75, 3.05) is 5.32 Å². The van der Waals surface area contributed by atoms with Crippen LogP contribution in [0.25, 0.3) is 0 Å². The zero-order chi connectivity index (χ0) is 26.6. The number of benzene rings is 2. The smallest absolute Gasteiger partial charge is 0.256 e. The second-order valence-electron chi connectivity index (χ2n) is 9.28. The van der Waals surface area contributed by atoms with Gasteiger partial charge in [0.2, 0.25) is 0 Å². The average Bonchev–Trinajstić information content (AvgIpc) is 3.00. The van der Waals surface area contributed by atoms with E-state index >= 15 is 0 Å². The van der Waals surface area contributed by atoms with Crippen LogP contribution in [0.4, 0.5) is 5.82 Å². The number of Topliss-reactive ketones (excluding diaryl/α,β-unsaturated/α-hetero) is 1. The second-order valence-corrected chi connectivity index (χ2v) is 9.72. The van der Waals surface area contributed by atoms with E-state index in [0.717, 1.165) is 16.7 Å². The summed E-state index contributed by atoms with van der Waals surface area (Å²) in [6, 6.07) is 18.8. The molecule has 0 bridgehead atoms. The zero-order valence-electron chi connectivity index (χ0n) is 20.7. The van der Waals surface area contributed by atoms with Crippen LogP contribution in [0, 0.1) is 6.92 Å². The molecule has 1 aliphatic heterocycles. The van der Waals surface area contributed by atoms with Gasteiger partial charge in [-0.1, -0.05) is 35.9 Å². The number of carbonyl (C=O) groups excluding carboxylic acids is 3. The van der Waals surface area contributed by atoms with Crippen LogP contribution in [-0.4, -0.2) is 38.5 Å². The number of nitrogens with one attached hydrogen (secondary N) is 1. The third-order valence-electron chi connectivity index (χ3n) is 6.63. The summed E-state index contributed by atoms with van der Waals surface area (Å²) in [5, 5.41) is 3.31. The number of rotatable bonds is 6. The van der Waals surface area contributed by atoms with E-state index in [1.165, 1.54) is 0 Å². The number of anilines is 1. The summed E-state index contributed by atoms with van der Waals surface area (Å²) in [7, 11) is 0. The molecule has 0 saturated heterocycles. The maximum atomic E-state index is 13.8. The lowest BCUT2D eigenvalue weighted by atomic mass is 9.98. The lowest BCUT2D eigenvalue weighted by Gasteiger charge is -2.29. The van der Waals surface area contributed by atoms with Gasteiger partial charge >= 0.3 is 0 Å². The highest BCUT2D eigenvalue weighted by atomic mass is 35.5. The van der Waals surface area contributed by atoms with Gasteiger partial charge in [0.25, 0.3) is 11.8 Å². The predicted octanol–water partition coefficient (Wildman–Crippen LogP) is 5.07. The van der Waals surface area contributed by atoms with Gasteiger partial charge in [-0.3, -0.25) is 19.4 Å². The minimum atomic E-state index is -0.673. The van der Waals surface area contributed by atoms with Crippen molar-refractivity contribution in [1.29, 1.82) is 0 Å². The lowest BCUT2D eigenvalue weighted by molar-refractivity contribution is -0.122. The predicted molar refractivity (Wildman–Crippen MR) is 145 cm³/mol. The number of pyridine rings is 2. The van der Waals surface area contributed by atoms with Gasteiger partial charge in [0, 0.05) is 54.1 Å². The van der Waals surface area contributed by atoms with Crippen LogP contribution >= 0.6 is 11.6 Å². The first-order valence-corrected chi connectivity index (χ1v) is 12.6. The Hall–Kier alpha value is -4.36. The number of halogens is 1. The number of nitrogens with zero attached hydrogens (tertiary/aromatic N) is 3. The fourth-order valence-electron chi connectivity index (χ4n) is 4.60. The van der Waals surface area contributed by atoms with Crippen molar-refractivity contribution in [2.45, 2.75) is 32.4 Å². The molecule has 2 amide bonds. The minimum Gasteiger partial charge on any atom is -0.324 e. The molecule has 190 valence electrons. The van der Waals surface area contributed by atoms with Crippen molar-refractivity contribution < 1.29 is 14.4 Å². The number of fused-ring (bicyclic) bond motifs is 1. The molecule has 0 saturated carbocycles. The van der Waals surface area contributed by atoms with E-state index in [2.05, 4.69) is 15.3 Å². The Morgan fingerprint density at radius 2 is 1.82 bits per heavy atom. The quantitative estimate of drug-likeness (QED) is 0.380. The molecule has 2 aromatic carbocycles. The number of ketones is 1. The van der Waals surface area contributed by atoms with Crippen LogP contribution in [0.3, 0.4) is 0 Å². The van der Waals surface area contributed by atoms with E-state index in [4.69, 9.17) is 11.6 Å². The molecule has 0 fully saturated rings. The molecule has 38 heavy (non-hydrogen) atoms. The van der Waals surface area contributed by atoms with Gasteiger partial charge in [-0.15, -0.1) is 0 Å². The van der Waals surface area contributed by atoms with Crippen molar-refractivity contribution in [1.82, 2.24) is 14.9 Å². The van der Waals surface area contributed by atoms with E-state index in [1.54, 1.807) is 66.0 Å². The number of aromatic nitrogens is 2. The van der Waals surface area contributed by atoms with Crippen LogP contribution in [-0.2, 0) is 24.2 Å². The number of hydrogen-bond acceptors (Lipinski definition) is 5. The third-order valence-corrected chi connectivity index (χ3v) is 6.87. The maximum Gasteiger partial charge on any atom is 0.256 e. The molecular weight excluding hydrogens is 500 g/mol. The Balaban J connectivity index is 1.42. The van der Waals surface area contributed by atoms with Crippen molar-refractivity contribution in [3.8, 4) is 0 Å². The van der Waals surface area contributed by atoms with E-state index < -0.39 is 6.04 Å². The molecule has 1 N–H and O–H groups in total. The van der Waals surface area contributed by atoms with Crippen molar-refractivity contribution >= 4 is 35.0 Å². The fourth-order valence-corrected chi connectivity index (χ4v) is 4.79. The highest BCUT2D eigenvalue weighted by molar-refractivity contribution is 6.30. The summed E-state index contributed by atoms with van der Waals surface area (Å²) in [5.74, 6) is -0.0688. The Kier molecular flexibility index (Phi) is 7.29. The monoisotopic (exact) mass is 524 g/mol. The van der Waals surface area contributed by atoms with Crippen LogP contribution in [0.2, 0.25) is 5.02 Å². The highest BCUT2D eigenvalue weighted by Gasteiger charge is 2.35. The molecule has 3 heterocycles. The summed E-state index contributed by atoms with van der Waals surface area (Å²) in [6.45, 7) is 2.08. The first kappa shape index (κ1) is 25.3. The van der Waals surface area contributed by atoms with Crippen molar-refractivity contribution in [3.63, 3.8) is 0 Å². The van der Waals surface area contributed by atoms with Crippen LogP contribution in [0.15, 0.2) is 85.3 Å². The molecule has 2 aromatic heterocycles. The van der Waals surface area contributed by atoms with Crippen molar-refractivity contribution in [2.24, 2.45) is 0 Å². The molecule has 0 radical (unpaired) electrons. The van der Waals surface area contributed by atoms with Gasteiger partial charge in [-0.25, -0.2) is 4.98 Å². The summed E-state index contributed by atoms with van der Waals surface area (Å²) in [5.41, 5.74) is 4.09. The van der Waals surface area contributed by atoms with Crippen molar-refractivity contribution in [3.05, 3.63) is 124 Å². The number of hydrogen-bond donors (Lipinski definition) is 1. The number of carbonyl (C=O) groups is 3. The fraction of sp³-hybridized carbons (Fsp3) is 0.167. The normalized spacial score (nSPS) is 15.1. The minimum absolute atomic E-state index is 0.0649. The number of amides is 2. The summed E-state index contributed by atoms with van der Waals surface area (Å²) < 4.78 is 0. The van der Waals surface area contributed by atoms with Crippen LogP contribution in [0.5, 0.6) is 0 Å². The Labute approximate surface area is 225 Å².